The lowest BCUT2D eigenvalue weighted by Crippen LogP contribution is -2.18. The van der Waals surface area contributed by atoms with Crippen molar-refractivity contribution in [1.29, 1.82) is 0 Å². The van der Waals surface area contributed by atoms with E-state index in [9.17, 15) is 0 Å². The minimum atomic E-state index is 0.300. The summed E-state index contributed by atoms with van der Waals surface area (Å²) in [5.74, 6) is 1.33. The predicted octanol–water partition coefficient (Wildman–Crippen LogP) is 4.45. The van der Waals surface area contributed by atoms with Gasteiger partial charge in [-0.25, -0.2) is 0 Å². The smallest absolute Gasteiger partial charge is 0.0610 e. The van der Waals surface area contributed by atoms with Gasteiger partial charge in [-0.15, -0.1) is 0 Å². The fraction of sp³-hybridized carbons (Fsp3) is 0.875. The third-order valence-electron chi connectivity index (χ3n) is 3.17. The third kappa shape index (κ3) is 8.71. The summed E-state index contributed by atoms with van der Waals surface area (Å²) in [5, 5.41) is 0. The van der Waals surface area contributed by atoms with E-state index >= 15 is 0 Å². The zero-order valence-electron chi connectivity index (χ0n) is 13.2. The van der Waals surface area contributed by atoms with Crippen LogP contribution in [0.5, 0.6) is 0 Å². The van der Waals surface area contributed by atoms with Gasteiger partial charge in [-0.2, -0.15) is 0 Å². The minimum absolute atomic E-state index is 0.300. The van der Waals surface area contributed by atoms with Crippen LogP contribution in [0.1, 0.15) is 53.4 Å². The Morgan fingerprint density at radius 1 is 0.833 bits per heavy atom. The zero-order chi connectivity index (χ0) is 14.1. The molecule has 0 radical (unpaired) electrons. The van der Waals surface area contributed by atoms with E-state index in [1.165, 1.54) is 5.57 Å². The monoisotopic (exact) mass is 256 g/mol. The molecule has 0 heterocycles. The zero-order valence-corrected chi connectivity index (χ0v) is 13.2. The standard InChI is InChI=1S/C16H32O2/c1-12(2)8-15(17-6)10-14(5)11-16(18-7)9-13(3)4/h12-13,15-16H,5,8-11H2,1-4,6-7H3. The SMILES string of the molecule is C=C(CC(CC(C)C)OC)CC(CC(C)C)OC. The van der Waals surface area contributed by atoms with Crippen LogP contribution in [-0.4, -0.2) is 26.4 Å². The highest BCUT2D eigenvalue weighted by Gasteiger charge is 2.15. The quantitative estimate of drug-likeness (QED) is 0.538. The highest BCUT2D eigenvalue weighted by atomic mass is 16.5. The van der Waals surface area contributed by atoms with E-state index < -0.39 is 0 Å². The third-order valence-corrected chi connectivity index (χ3v) is 3.17. The van der Waals surface area contributed by atoms with Gasteiger partial charge in [0.15, 0.2) is 0 Å². The van der Waals surface area contributed by atoms with Gasteiger partial charge in [0.25, 0.3) is 0 Å². The van der Waals surface area contributed by atoms with Gasteiger partial charge in [0, 0.05) is 14.2 Å². The Balaban J connectivity index is 4.13. The summed E-state index contributed by atoms with van der Waals surface area (Å²) >= 11 is 0. The summed E-state index contributed by atoms with van der Waals surface area (Å²) in [5.41, 5.74) is 1.25. The van der Waals surface area contributed by atoms with Gasteiger partial charge in [-0.1, -0.05) is 39.8 Å². The average molecular weight is 256 g/mol. The van der Waals surface area contributed by atoms with Crippen LogP contribution in [0.25, 0.3) is 0 Å². The van der Waals surface area contributed by atoms with Crippen LogP contribution in [0.2, 0.25) is 0 Å². The molecular weight excluding hydrogens is 224 g/mol. The normalized spacial score (nSPS) is 15.1. The van der Waals surface area contributed by atoms with E-state index in [1.54, 1.807) is 14.2 Å². The van der Waals surface area contributed by atoms with Crippen molar-refractivity contribution >= 4 is 0 Å². The fourth-order valence-corrected chi connectivity index (χ4v) is 2.30. The lowest BCUT2D eigenvalue weighted by atomic mass is 9.94. The molecule has 2 atom stereocenters. The second-order valence-corrected chi connectivity index (χ2v) is 6.13. The van der Waals surface area contributed by atoms with Gasteiger partial charge in [-0.3, -0.25) is 0 Å². The molecule has 0 aliphatic rings. The van der Waals surface area contributed by atoms with Gasteiger partial charge < -0.3 is 9.47 Å². The molecule has 0 aromatic carbocycles. The first-order valence-corrected chi connectivity index (χ1v) is 7.11. The summed E-state index contributed by atoms with van der Waals surface area (Å²) in [6.45, 7) is 13.1. The molecule has 0 aliphatic carbocycles. The Morgan fingerprint density at radius 3 is 1.39 bits per heavy atom. The van der Waals surface area contributed by atoms with Crippen LogP contribution in [0.15, 0.2) is 12.2 Å². The van der Waals surface area contributed by atoms with Gasteiger partial charge in [0.05, 0.1) is 12.2 Å². The van der Waals surface area contributed by atoms with Crippen LogP contribution >= 0.6 is 0 Å². The number of methoxy groups -OCH3 is 2. The van der Waals surface area contributed by atoms with E-state index in [-0.39, 0.29) is 0 Å². The summed E-state index contributed by atoms with van der Waals surface area (Å²) in [4.78, 5) is 0. The fourth-order valence-electron chi connectivity index (χ4n) is 2.30. The van der Waals surface area contributed by atoms with Crippen molar-refractivity contribution in [3.05, 3.63) is 12.2 Å². The molecule has 0 saturated heterocycles. The van der Waals surface area contributed by atoms with Gasteiger partial charge in [0.1, 0.15) is 0 Å². The maximum atomic E-state index is 5.53. The molecule has 0 aromatic heterocycles. The number of ether oxygens (including phenoxy) is 2. The van der Waals surface area contributed by atoms with E-state index in [2.05, 4.69) is 34.3 Å². The summed E-state index contributed by atoms with van der Waals surface area (Å²) in [6.07, 6.45) is 4.69. The molecule has 0 aliphatic heterocycles. The minimum Gasteiger partial charge on any atom is -0.381 e. The molecular formula is C16H32O2. The Labute approximate surface area is 114 Å². The topological polar surface area (TPSA) is 18.5 Å². The van der Waals surface area contributed by atoms with Gasteiger partial charge in [0.2, 0.25) is 0 Å². The maximum Gasteiger partial charge on any atom is 0.0610 e. The Bertz CT molecular complexity index is 199. The van der Waals surface area contributed by atoms with Crippen LogP contribution in [0.4, 0.5) is 0 Å². The second-order valence-electron chi connectivity index (χ2n) is 6.13. The molecule has 108 valence electrons. The highest BCUT2D eigenvalue weighted by molar-refractivity contribution is 4.99. The lowest BCUT2D eigenvalue weighted by molar-refractivity contribution is 0.0702. The number of hydrogen-bond acceptors (Lipinski definition) is 2. The van der Waals surface area contributed by atoms with Gasteiger partial charge >= 0.3 is 0 Å². The maximum absolute atomic E-state index is 5.53. The van der Waals surface area contributed by atoms with Crippen molar-refractivity contribution in [3.8, 4) is 0 Å². The first-order chi connectivity index (χ1) is 8.38. The van der Waals surface area contributed by atoms with Crippen LogP contribution in [-0.2, 0) is 9.47 Å². The average Bonchev–Trinajstić information content (AvgIpc) is 2.25. The number of rotatable bonds is 10. The molecule has 0 fully saturated rings. The van der Waals surface area contributed by atoms with E-state index in [0.29, 0.717) is 24.0 Å². The second kappa shape index (κ2) is 9.57. The summed E-state index contributed by atoms with van der Waals surface area (Å²) in [7, 11) is 3.59. The van der Waals surface area contributed by atoms with Crippen molar-refractivity contribution in [2.75, 3.05) is 14.2 Å². The van der Waals surface area contributed by atoms with Crippen molar-refractivity contribution in [1.82, 2.24) is 0 Å². The van der Waals surface area contributed by atoms with E-state index in [4.69, 9.17) is 9.47 Å². The Morgan fingerprint density at radius 2 is 1.17 bits per heavy atom. The molecule has 0 rings (SSSR count). The predicted molar refractivity (Wildman–Crippen MR) is 78.9 cm³/mol. The number of hydrogen-bond donors (Lipinski definition) is 0. The molecule has 0 aromatic rings. The van der Waals surface area contributed by atoms with Crippen LogP contribution in [0, 0.1) is 11.8 Å². The lowest BCUT2D eigenvalue weighted by Gasteiger charge is -2.22. The van der Waals surface area contributed by atoms with Crippen molar-refractivity contribution in [2.24, 2.45) is 11.8 Å². The first-order valence-electron chi connectivity index (χ1n) is 7.11. The van der Waals surface area contributed by atoms with Crippen molar-refractivity contribution < 1.29 is 9.47 Å². The largest absolute Gasteiger partial charge is 0.381 e. The van der Waals surface area contributed by atoms with Crippen molar-refractivity contribution in [2.45, 2.75) is 65.6 Å². The van der Waals surface area contributed by atoms with Crippen LogP contribution < -0.4 is 0 Å². The molecule has 0 saturated carbocycles. The Kier molecular flexibility index (Phi) is 9.39. The molecule has 0 amide bonds. The molecule has 0 bridgehead atoms. The highest BCUT2D eigenvalue weighted by Crippen LogP contribution is 2.21. The molecule has 0 N–H and O–H groups in total. The molecule has 18 heavy (non-hydrogen) atoms. The molecule has 0 spiro atoms. The van der Waals surface area contributed by atoms with Crippen molar-refractivity contribution in [3.63, 3.8) is 0 Å². The van der Waals surface area contributed by atoms with Crippen LogP contribution in [0.3, 0.4) is 0 Å². The first kappa shape index (κ1) is 17.7. The molecule has 2 nitrogen and oxygen atoms in total. The summed E-state index contributed by atoms with van der Waals surface area (Å²) in [6, 6.07) is 0. The van der Waals surface area contributed by atoms with Gasteiger partial charge in [-0.05, 0) is 37.5 Å². The van der Waals surface area contributed by atoms with E-state index in [0.717, 1.165) is 25.7 Å². The molecule has 2 unspecified atom stereocenters. The molecule has 2 heteroatoms. The van der Waals surface area contributed by atoms with E-state index in [1.807, 2.05) is 0 Å². The summed E-state index contributed by atoms with van der Waals surface area (Å²) < 4.78 is 11.1. The Hall–Kier alpha value is -0.340.